The Kier molecular flexibility index (Phi) is 6.63. The highest BCUT2D eigenvalue weighted by Gasteiger charge is 2.15. The summed E-state index contributed by atoms with van der Waals surface area (Å²) in [4.78, 5) is 23.9. The molecule has 1 heterocycles. The van der Waals surface area contributed by atoms with E-state index >= 15 is 0 Å². The van der Waals surface area contributed by atoms with E-state index in [-0.39, 0.29) is 11.4 Å². The lowest BCUT2D eigenvalue weighted by Crippen LogP contribution is -2.21. The van der Waals surface area contributed by atoms with E-state index in [1.807, 2.05) is 30.3 Å². The van der Waals surface area contributed by atoms with E-state index in [0.29, 0.717) is 27.9 Å². The fourth-order valence-corrected chi connectivity index (χ4v) is 3.59. The van der Waals surface area contributed by atoms with Crippen LogP contribution in [0, 0.1) is 0 Å². The van der Waals surface area contributed by atoms with Gasteiger partial charge in [-0.2, -0.15) is 5.10 Å². The van der Waals surface area contributed by atoms with Gasteiger partial charge in [0.15, 0.2) is 0 Å². The van der Waals surface area contributed by atoms with Crippen molar-refractivity contribution < 1.29 is 9.59 Å². The largest absolute Gasteiger partial charge is 0.369 e. The Bertz CT molecular complexity index is 1300. The number of urea groups is 1. The molecule has 4 N–H and O–H groups in total. The second-order valence-corrected chi connectivity index (χ2v) is 7.97. The van der Waals surface area contributed by atoms with E-state index < -0.39 is 11.9 Å². The molecule has 0 atom stereocenters. The normalized spacial score (nSPS) is 10.6. The van der Waals surface area contributed by atoms with Gasteiger partial charge >= 0.3 is 6.03 Å². The van der Waals surface area contributed by atoms with Crippen molar-refractivity contribution in [2.24, 2.45) is 5.73 Å². The molecule has 166 valence electrons. The van der Waals surface area contributed by atoms with Gasteiger partial charge in [0, 0.05) is 11.6 Å². The quantitative estimate of drug-likeness (QED) is 0.339. The summed E-state index contributed by atoms with van der Waals surface area (Å²) < 4.78 is 1.61. The van der Waals surface area contributed by atoms with Crippen molar-refractivity contribution in [3.63, 3.8) is 0 Å². The van der Waals surface area contributed by atoms with E-state index in [4.69, 9.17) is 28.9 Å². The number of carbonyl (C=O) groups excluding carboxylic acids is 2. The number of nitrogens with zero attached hydrogens (tertiary/aromatic N) is 2. The topological polar surface area (TPSA) is 102 Å². The second kappa shape index (κ2) is 9.77. The van der Waals surface area contributed by atoms with Crippen LogP contribution in [0.3, 0.4) is 0 Å². The molecule has 4 rings (SSSR count). The third kappa shape index (κ3) is 5.34. The molecular weight excluding hydrogens is 461 g/mol. The Balaban J connectivity index is 1.65. The summed E-state index contributed by atoms with van der Waals surface area (Å²) in [5.74, 6) is 0.0269. The van der Waals surface area contributed by atoms with Crippen molar-refractivity contribution in [2.45, 2.75) is 6.42 Å². The number of anilines is 2. The lowest BCUT2D eigenvalue weighted by Gasteiger charge is -2.11. The average molecular weight is 480 g/mol. The van der Waals surface area contributed by atoms with Gasteiger partial charge in [-0.05, 0) is 29.8 Å². The van der Waals surface area contributed by atoms with Crippen LogP contribution in [-0.4, -0.2) is 21.7 Å². The summed E-state index contributed by atoms with van der Waals surface area (Å²) >= 11 is 12.2. The van der Waals surface area contributed by atoms with Crippen molar-refractivity contribution in [3.8, 4) is 16.9 Å². The Labute approximate surface area is 200 Å². The number of amides is 3. The van der Waals surface area contributed by atoms with Crippen LogP contribution in [-0.2, 0) is 11.2 Å². The van der Waals surface area contributed by atoms with Crippen LogP contribution >= 0.6 is 23.2 Å². The molecule has 0 radical (unpaired) electrons. The van der Waals surface area contributed by atoms with Gasteiger partial charge < -0.3 is 11.1 Å². The first-order chi connectivity index (χ1) is 15.9. The number of hydrogen-bond donors (Lipinski definition) is 3. The maximum Gasteiger partial charge on any atom is 0.324 e. The molecule has 0 aliphatic heterocycles. The van der Waals surface area contributed by atoms with Gasteiger partial charge in [0.1, 0.15) is 5.82 Å². The molecule has 3 amide bonds. The van der Waals surface area contributed by atoms with Crippen molar-refractivity contribution in [1.82, 2.24) is 9.78 Å². The zero-order chi connectivity index (χ0) is 23.4. The zero-order valence-electron chi connectivity index (χ0n) is 17.3. The van der Waals surface area contributed by atoms with E-state index in [1.54, 1.807) is 53.2 Å². The molecule has 0 fully saturated rings. The minimum absolute atomic E-state index is 0.141. The number of rotatable bonds is 6. The molecule has 0 aliphatic rings. The van der Waals surface area contributed by atoms with E-state index in [9.17, 15) is 9.59 Å². The smallest absolute Gasteiger partial charge is 0.324 e. The van der Waals surface area contributed by atoms with Crippen LogP contribution in [0.2, 0.25) is 10.0 Å². The number of benzene rings is 3. The lowest BCUT2D eigenvalue weighted by atomic mass is 10.1. The Morgan fingerprint density at radius 3 is 2.33 bits per heavy atom. The van der Waals surface area contributed by atoms with Crippen molar-refractivity contribution >= 4 is 46.6 Å². The van der Waals surface area contributed by atoms with Crippen LogP contribution in [0.25, 0.3) is 16.9 Å². The average Bonchev–Trinajstić information content (AvgIpc) is 3.21. The second-order valence-electron chi connectivity index (χ2n) is 7.18. The first-order valence-corrected chi connectivity index (χ1v) is 10.7. The van der Waals surface area contributed by atoms with Gasteiger partial charge in [-0.25, -0.2) is 9.48 Å². The van der Waals surface area contributed by atoms with Gasteiger partial charge in [0.25, 0.3) is 0 Å². The van der Waals surface area contributed by atoms with Gasteiger partial charge in [-0.3, -0.25) is 10.1 Å². The molecule has 1 aromatic heterocycles. The molecule has 9 heteroatoms. The SMILES string of the molecule is NC(=O)Cc1ccc(-n2nc(-c3ccccc3)cc2NC(=O)Nc2cccc(Cl)c2Cl)cc1. The standard InChI is InChI=1S/C24H19Cl2N5O2/c25-18-7-4-8-19(23(18)26)28-24(33)29-22-14-20(16-5-2-1-3-6-16)30-31(22)17-11-9-15(10-12-17)13-21(27)32/h1-12,14H,13H2,(H2,27,32)(H2,28,29,33). The van der Waals surface area contributed by atoms with Crippen LogP contribution in [0.1, 0.15) is 5.56 Å². The molecule has 33 heavy (non-hydrogen) atoms. The highest BCUT2D eigenvalue weighted by Crippen LogP contribution is 2.30. The summed E-state index contributed by atoms with van der Waals surface area (Å²) in [6, 6.07) is 23.0. The molecular formula is C24H19Cl2N5O2. The molecule has 0 bridgehead atoms. The summed E-state index contributed by atoms with van der Waals surface area (Å²) in [6.45, 7) is 0. The molecule has 4 aromatic rings. The summed E-state index contributed by atoms with van der Waals surface area (Å²) in [5.41, 5.74) is 8.70. The summed E-state index contributed by atoms with van der Waals surface area (Å²) in [5, 5.41) is 10.8. The number of hydrogen-bond acceptors (Lipinski definition) is 3. The van der Waals surface area contributed by atoms with Crippen molar-refractivity contribution in [1.29, 1.82) is 0 Å². The summed E-state index contributed by atoms with van der Waals surface area (Å²) in [6.07, 6.45) is 0.141. The lowest BCUT2D eigenvalue weighted by molar-refractivity contribution is -0.117. The third-order valence-electron chi connectivity index (χ3n) is 4.78. The van der Waals surface area contributed by atoms with Crippen molar-refractivity contribution in [3.05, 3.63) is 94.5 Å². The Morgan fingerprint density at radius 2 is 1.64 bits per heavy atom. The molecule has 3 aromatic carbocycles. The first kappa shape index (κ1) is 22.4. The molecule has 0 unspecified atom stereocenters. The predicted molar refractivity (Wildman–Crippen MR) is 131 cm³/mol. The fraction of sp³-hybridized carbons (Fsp3) is 0.0417. The van der Waals surface area contributed by atoms with E-state index in [1.165, 1.54) is 0 Å². The highest BCUT2D eigenvalue weighted by atomic mass is 35.5. The van der Waals surface area contributed by atoms with Crippen LogP contribution in [0.5, 0.6) is 0 Å². The fourth-order valence-electron chi connectivity index (χ4n) is 3.24. The summed E-state index contributed by atoms with van der Waals surface area (Å²) in [7, 11) is 0. The minimum atomic E-state index is -0.509. The third-order valence-corrected chi connectivity index (χ3v) is 5.60. The Morgan fingerprint density at radius 1 is 0.909 bits per heavy atom. The van der Waals surface area contributed by atoms with Gasteiger partial charge in [0.2, 0.25) is 5.91 Å². The van der Waals surface area contributed by atoms with Crippen LogP contribution < -0.4 is 16.4 Å². The molecule has 0 saturated heterocycles. The number of halogens is 2. The van der Waals surface area contributed by atoms with E-state index in [0.717, 1.165) is 11.1 Å². The number of aromatic nitrogens is 2. The maximum atomic E-state index is 12.7. The van der Waals surface area contributed by atoms with Gasteiger partial charge in [0.05, 0.1) is 33.5 Å². The van der Waals surface area contributed by atoms with E-state index in [2.05, 4.69) is 15.7 Å². The molecule has 0 aliphatic carbocycles. The van der Waals surface area contributed by atoms with Crippen molar-refractivity contribution in [2.75, 3.05) is 10.6 Å². The number of nitrogens with two attached hydrogens (primary N) is 1. The van der Waals surface area contributed by atoms with Gasteiger partial charge in [-0.1, -0.05) is 71.7 Å². The minimum Gasteiger partial charge on any atom is -0.369 e. The highest BCUT2D eigenvalue weighted by molar-refractivity contribution is 6.44. The van der Waals surface area contributed by atoms with Crippen LogP contribution in [0.4, 0.5) is 16.3 Å². The predicted octanol–water partition coefficient (Wildman–Crippen LogP) is 5.52. The molecule has 0 saturated carbocycles. The molecule has 0 spiro atoms. The molecule has 7 nitrogen and oxygen atoms in total. The van der Waals surface area contributed by atoms with Gasteiger partial charge in [-0.15, -0.1) is 0 Å². The number of carbonyl (C=O) groups is 2. The maximum absolute atomic E-state index is 12.7. The first-order valence-electron chi connectivity index (χ1n) is 9.96. The number of nitrogens with one attached hydrogen (secondary N) is 2. The Hall–Kier alpha value is -3.81. The zero-order valence-corrected chi connectivity index (χ0v) is 18.8. The van der Waals surface area contributed by atoms with Crippen LogP contribution in [0.15, 0.2) is 78.9 Å². The monoisotopic (exact) mass is 479 g/mol. The number of primary amides is 1.